The predicted molar refractivity (Wildman–Crippen MR) is 151 cm³/mol. The molecule has 0 unspecified atom stereocenters. The number of hydrogen-bond acceptors (Lipinski definition) is 10. The summed E-state index contributed by atoms with van der Waals surface area (Å²) in [4.78, 5) is 53.3. The van der Waals surface area contributed by atoms with Crippen LogP contribution in [0, 0.1) is 10.8 Å². The number of rotatable bonds is 5. The zero-order valence-corrected chi connectivity index (χ0v) is 23.8. The molecule has 1 saturated carbocycles. The molecule has 11 nitrogen and oxygen atoms in total. The molecule has 0 radical (unpaired) electrons. The van der Waals surface area contributed by atoms with Gasteiger partial charge in [-0.15, -0.1) is 0 Å². The van der Waals surface area contributed by atoms with Gasteiger partial charge in [0.1, 0.15) is 28.6 Å². The summed E-state index contributed by atoms with van der Waals surface area (Å²) in [5.74, 6) is -4.96. The average Bonchev–Trinajstić information content (AvgIpc) is 2.90. The second-order valence-corrected chi connectivity index (χ2v) is 12.0. The highest BCUT2D eigenvalue weighted by Crippen LogP contribution is 2.63. The molecule has 0 aromatic heterocycles. The Balaban J connectivity index is 1.81. The van der Waals surface area contributed by atoms with E-state index in [0.717, 1.165) is 0 Å². The summed E-state index contributed by atoms with van der Waals surface area (Å²) in [6.45, 7) is 3.18. The van der Waals surface area contributed by atoms with Crippen molar-refractivity contribution in [1.29, 1.82) is 0 Å². The Bertz CT molecular complexity index is 1670. The van der Waals surface area contributed by atoms with Gasteiger partial charge in [0, 0.05) is 16.4 Å². The van der Waals surface area contributed by atoms with Crippen molar-refractivity contribution in [1.82, 2.24) is 4.90 Å². The van der Waals surface area contributed by atoms with Gasteiger partial charge in [0.2, 0.25) is 5.78 Å². The van der Waals surface area contributed by atoms with Crippen LogP contribution in [0.2, 0.25) is 0 Å². The minimum absolute atomic E-state index is 0.0429. The van der Waals surface area contributed by atoms with Gasteiger partial charge in [-0.3, -0.25) is 24.1 Å². The van der Waals surface area contributed by atoms with Gasteiger partial charge in [-0.1, -0.05) is 26.0 Å². The Hall–Kier alpha value is -4.48. The number of carbonyl (C=O) groups is 4. The fourth-order valence-electron chi connectivity index (χ4n) is 7.59. The maximum Gasteiger partial charge on any atom is 0.255 e. The molecule has 0 heterocycles. The molecule has 2 aromatic carbocycles. The van der Waals surface area contributed by atoms with Gasteiger partial charge in [0.15, 0.2) is 17.7 Å². The molecule has 0 bridgehead atoms. The number of methoxy groups -OCH3 is 1. The number of aldehydes is 1. The third kappa shape index (κ3) is 3.53. The summed E-state index contributed by atoms with van der Waals surface area (Å²) >= 11 is 0. The predicted octanol–water partition coefficient (Wildman–Crippen LogP) is 2.23. The SMILES string of the molecule is COc1ccc(-c2ccc(O)c3c2C[C@@]2(C)C[C@@]4(C)[C@H](N(C)C)C(=O)C(C(N)=O)=C(O)[C@@]4(O)C(=O)C2=C3O)cc1C=O. The maximum absolute atomic E-state index is 14.3. The Kier molecular flexibility index (Phi) is 6.40. The van der Waals surface area contributed by atoms with E-state index in [2.05, 4.69) is 0 Å². The van der Waals surface area contributed by atoms with Gasteiger partial charge in [0.05, 0.1) is 24.3 Å². The largest absolute Gasteiger partial charge is 0.508 e. The van der Waals surface area contributed by atoms with Crippen LogP contribution < -0.4 is 10.5 Å². The van der Waals surface area contributed by atoms with Crippen molar-refractivity contribution < 1.29 is 44.3 Å². The molecule has 0 saturated heterocycles. The lowest BCUT2D eigenvalue weighted by Crippen LogP contribution is -2.72. The van der Waals surface area contributed by atoms with E-state index in [1.54, 1.807) is 45.3 Å². The van der Waals surface area contributed by atoms with E-state index in [1.807, 2.05) is 0 Å². The maximum atomic E-state index is 14.3. The van der Waals surface area contributed by atoms with E-state index in [-0.39, 0.29) is 35.3 Å². The molecular weight excluding hydrogens is 544 g/mol. The number of Topliss-reactive ketones (excluding diaryl/α,β-unsaturated/α-hetero) is 2. The number of likely N-dealkylation sites (N-methyl/N-ethyl adjacent to an activating group) is 1. The molecule has 4 atom stereocenters. The number of nitrogens with two attached hydrogens (primary N) is 1. The Morgan fingerprint density at radius 3 is 2.36 bits per heavy atom. The molecule has 1 amide bonds. The van der Waals surface area contributed by atoms with Crippen LogP contribution in [0.15, 0.2) is 47.2 Å². The standard InChI is InChI=1S/C31H32N2O9/c1-29-11-17-16(14-6-9-19(42-5)15(10-14)12-34)7-8-18(35)20(17)23(36)22(29)27(39)31(41)26(38)21(28(32)40)24(37)25(33(3)4)30(31,2)13-29/h6-10,12,25,35-36,38,41H,11,13H2,1-5H3,(H2,32,40)/t25-,29+,30+,31-/m1/s1. The van der Waals surface area contributed by atoms with Crippen LogP contribution in [0.4, 0.5) is 0 Å². The van der Waals surface area contributed by atoms with Gasteiger partial charge in [-0.25, -0.2) is 0 Å². The number of ether oxygens (including phenoxy) is 1. The van der Waals surface area contributed by atoms with Crippen LogP contribution in [0.3, 0.4) is 0 Å². The Labute approximate surface area is 241 Å². The average molecular weight is 577 g/mol. The number of benzene rings is 2. The number of phenols is 1. The molecule has 42 heavy (non-hydrogen) atoms. The molecule has 1 fully saturated rings. The number of hydrogen-bond donors (Lipinski definition) is 5. The van der Waals surface area contributed by atoms with Crippen molar-refractivity contribution in [2.45, 2.75) is 38.3 Å². The van der Waals surface area contributed by atoms with Crippen LogP contribution >= 0.6 is 0 Å². The quantitative estimate of drug-likeness (QED) is 0.261. The van der Waals surface area contributed by atoms with Gasteiger partial charge < -0.3 is 30.9 Å². The number of aliphatic hydroxyl groups excluding tert-OH is 2. The highest BCUT2D eigenvalue weighted by Gasteiger charge is 2.72. The van der Waals surface area contributed by atoms with Crippen LogP contribution in [0.25, 0.3) is 16.9 Å². The smallest absolute Gasteiger partial charge is 0.255 e. The minimum Gasteiger partial charge on any atom is -0.508 e. The van der Waals surface area contributed by atoms with Crippen LogP contribution in [-0.4, -0.2) is 81.9 Å². The number of aliphatic hydroxyl groups is 3. The summed E-state index contributed by atoms with van der Waals surface area (Å²) in [7, 11) is 4.53. The van der Waals surface area contributed by atoms with Crippen molar-refractivity contribution in [2.24, 2.45) is 16.6 Å². The van der Waals surface area contributed by atoms with Crippen molar-refractivity contribution in [3.63, 3.8) is 0 Å². The van der Waals surface area contributed by atoms with Crippen molar-refractivity contribution in [3.8, 4) is 22.6 Å². The summed E-state index contributed by atoms with van der Waals surface area (Å²) in [6, 6.07) is 6.69. The summed E-state index contributed by atoms with van der Waals surface area (Å²) in [6.07, 6.45) is 0.630. The van der Waals surface area contributed by atoms with E-state index in [1.165, 1.54) is 25.0 Å². The normalized spacial score (nSPS) is 28.8. The number of nitrogens with zero attached hydrogens (tertiary/aromatic N) is 1. The molecule has 0 spiro atoms. The fraction of sp³-hybridized carbons (Fsp3) is 0.355. The van der Waals surface area contributed by atoms with Crippen molar-refractivity contribution >= 4 is 29.5 Å². The van der Waals surface area contributed by atoms with Crippen LogP contribution in [0.5, 0.6) is 11.5 Å². The first-order chi connectivity index (χ1) is 19.6. The monoisotopic (exact) mass is 576 g/mol. The molecular formula is C31H32N2O9. The third-order valence-corrected chi connectivity index (χ3v) is 9.18. The Morgan fingerprint density at radius 2 is 1.79 bits per heavy atom. The summed E-state index contributed by atoms with van der Waals surface area (Å²) in [5.41, 5.74) is 0.482. The number of fused-ring (bicyclic) bond motifs is 3. The molecule has 3 aliphatic carbocycles. The lowest BCUT2D eigenvalue weighted by Gasteiger charge is -2.59. The number of carbonyl (C=O) groups excluding carboxylic acids is 4. The fourth-order valence-corrected chi connectivity index (χ4v) is 7.59. The second-order valence-electron chi connectivity index (χ2n) is 12.0. The van der Waals surface area contributed by atoms with E-state index in [0.29, 0.717) is 28.7 Å². The number of amides is 1. The van der Waals surface area contributed by atoms with E-state index in [4.69, 9.17) is 10.5 Å². The second kappa shape index (κ2) is 9.27. The first-order valence-electron chi connectivity index (χ1n) is 13.2. The minimum atomic E-state index is -2.79. The van der Waals surface area contributed by atoms with Crippen LogP contribution in [0.1, 0.15) is 41.8 Å². The highest BCUT2D eigenvalue weighted by atomic mass is 16.5. The number of aromatic hydroxyl groups is 1. The first-order valence-corrected chi connectivity index (χ1v) is 13.2. The lowest BCUT2D eigenvalue weighted by atomic mass is 9.46. The van der Waals surface area contributed by atoms with E-state index < -0.39 is 57.0 Å². The molecule has 11 heteroatoms. The zero-order valence-electron chi connectivity index (χ0n) is 23.8. The van der Waals surface area contributed by atoms with E-state index in [9.17, 15) is 39.6 Å². The lowest BCUT2D eigenvalue weighted by molar-refractivity contribution is -0.175. The van der Waals surface area contributed by atoms with Crippen LogP contribution in [-0.2, 0) is 20.8 Å². The van der Waals surface area contributed by atoms with Crippen molar-refractivity contribution in [2.75, 3.05) is 21.2 Å². The first kappa shape index (κ1) is 29.0. The molecule has 3 aliphatic rings. The topological polar surface area (TPSA) is 188 Å². The third-order valence-electron chi connectivity index (χ3n) is 9.18. The Morgan fingerprint density at radius 1 is 1.12 bits per heavy atom. The number of primary amides is 1. The molecule has 6 N–H and O–H groups in total. The van der Waals surface area contributed by atoms with Gasteiger partial charge in [-0.05, 0) is 61.8 Å². The molecule has 5 rings (SSSR count). The van der Waals surface area contributed by atoms with Gasteiger partial charge in [0.25, 0.3) is 5.91 Å². The van der Waals surface area contributed by atoms with Gasteiger partial charge >= 0.3 is 0 Å². The molecule has 0 aliphatic heterocycles. The zero-order chi connectivity index (χ0) is 31.1. The molecule has 2 aromatic rings. The molecule has 220 valence electrons. The van der Waals surface area contributed by atoms with Crippen molar-refractivity contribution in [3.05, 3.63) is 63.9 Å². The van der Waals surface area contributed by atoms with E-state index >= 15 is 0 Å². The number of ketones is 2. The summed E-state index contributed by atoms with van der Waals surface area (Å²) in [5, 5.41) is 45.8. The van der Waals surface area contributed by atoms with Gasteiger partial charge in [-0.2, -0.15) is 0 Å². The summed E-state index contributed by atoms with van der Waals surface area (Å²) < 4.78 is 5.25. The highest BCUT2D eigenvalue weighted by molar-refractivity contribution is 6.25. The number of phenolic OH excluding ortho intramolecular Hbond substituents is 1.